The highest BCUT2D eigenvalue weighted by Crippen LogP contribution is 2.22. The highest BCUT2D eigenvalue weighted by molar-refractivity contribution is 5.80. The standard InChI is InChI=1S/C19H29N5O/c1-5-10-25-18-9-8-16(11-17(18)14-23(6-2)7-3)12-21-24-13-15(4)22-19(24)20/h8-9,11-13H,5-7,10,14H2,1-4H3,(H2,20,22). The van der Waals surface area contributed by atoms with Gasteiger partial charge in [-0.15, -0.1) is 0 Å². The normalized spacial score (nSPS) is 11.6. The summed E-state index contributed by atoms with van der Waals surface area (Å²) in [7, 11) is 0. The molecule has 25 heavy (non-hydrogen) atoms. The van der Waals surface area contributed by atoms with Gasteiger partial charge in [-0.3, -0.25) is 4.90 Å². The first-order valence-electron chi connectivity index (χ1n) is 8.91. The summed E-state index contributed by atoms with van der Waals surface area (Å²) >= 11 is 0. The Hall–Kier alpha value is -2.34. The van der Waals surface area contributed by atoms with Crippen LogP contribution < -0.4 is 10.5 Å². The molecule has 0 bridgehead atoms. The van der Waals surface area contributed by atoms with Gasteiger partial charge < -0.3 is 10.5 Å². The monoisotopic (exact) mass is 343 g/mol. The van der Waals surface area contributed by atoms with E-state index in [-0.39, 0.29) is 0 Å². The average Bonchev–Trinajstić information content (AvgIpc) is 2.94. The number of aromatic nitrogens is 2. The summed E-state index contributed by atoms with van der Waals surface area (Å²) in [5, 5.41) is 4.40. The summed E-state index contributed by atoms with van der Waals surface area (Å²) in [4.78, 5) is 6.52. The van der Waals surface area contributed by atoms with Crippen molar-refractivity contribution in [1.82, 2.24) is 14.6 Å². The first-order chi connectivity index (χ1) is 12.1. The Bertz CT molecular complexity index is 704. The topological polar surface area (TPSA) is 68.7 Å². The number of hydrogen-bond acceptors (Lipinski definition) is 5. The molecule has 0 unspecified atom stereocenters. The lowest BCUT2D eigenvalue weighted by atomic mass is 10.1. The summed E-state index contributed by atoms with van der Waals surface area (Å²) < 4.78 is 7.49. The second-order valence-corrected chi connectivity index (χ2v) is 6.01. The number of imidazole rings is 1. The van der Waals surface area contributed by atoms with E-state index < -0.39 is 0 Å². The maximum absolute atomic E-state index is 5.91. The number of benzene rings is 1. The van der Waals surface area contributed by atoms with E-state index in [1.54, 1.807) is 17.1 Å². The molecule has 0 aliphatic rings. The van der Waals surface area contributed by atoms with Gasteiger partial charge in [-0.1, -0.05) is 20.8 Å². The number of anilines is 1. The van der Waals surface area contributed by atoms with Gasteiger partial charge in [0, 0.05) is 12.1 Å². The van der Waals surface area contributed by atoms with Gasteiger partial charge in [0.25, 0.3) is 0 Å². The molecule has 2 aromatic rings. The number of ether oxygens (including phenoxy) is 1. The molecule has 0 saturated heterocycles. The van der Waals surface area contributed by atoms with Crippen molar-refractivity contribution in [2.75, 3.05) is 25.4 Å². The third-order valence-corrected chi connectivity index (χ3v) is 4.00. The lowest BCUT2D eigenvalue weighted by molar-refractivity contribution is 0.277. The summed E-state index contributed by atoms with van der Waals surface area (Å²) in [6.07, 6.45) is 4.60. The Morgan fingerprint density at radius 2 is 2.04 bits per heavy atom. The highest BCUT2D eigenvalue weighted by atomic mass is 16.5. The van der Waals surface area contributed by atoms with Crippen LogP contribution in [0, 0.1) is 6.92 Å². The zero-order valence-electron chi connectivity index (χ0n) is 15.7. The van der Waals surface area contributed by atoms with Gasteiger partial charge in [0.15, 0.2) is 0 Å². The number of aryl methyl sites for hydroxylation is 1. The molecule has 136 valence electrons. The molecule has 1 heterocycles. The molecule has 2 N–H and O–H groups in total. The first-order valence-corrected chi connectivity index (χ1v) is 8.91. The van der Waals surface area contributed by atoms with Gasteiger partial charge in [-0.25, -0.2) is 9.66 Å². The third-order valence-electron chi connectivity index (χ3n) is 4.00. The fourth-order valence-corrected chi connectivity index (χ4v) is 2.57. The van der Waals surface area contributed by atoms with Gasteiger partial charge in [0.1, 0.15) is 5.75 Å². The van der Waals surface area contributed by atoms with Crippen molar-refractivity contribution in [3.8, 4) is 5.75 Å². The predicted molar refractivity (Wildman–Crippen MR) is 103 cm³/mol. The van der Waals surface area contributed by atoms with Gasteiger partial charge in [0.05, 0.1) is 24.7 Å². The van der Waals surface area contributed by atoms with E-state index in [1.807, 2.05) is 19.1 Å². The fourth-order valence-electron chi connectivity index (χ4n) is 2.57. The van der Waals surface area contributed by atoms with Crippen LogP contribution in [-0.4, -0.2) is 40.5 Å². The molecule has 0 spiro atoms. The molecule has 0 amide bonds. The van der Waals surface area contributed by atoms with Crippen molar-refractivity contribution in [3.05, 3.63) is 41.2 Å². The maximum atomic E-state index is 5.91. The van der Waals surface area contributed by atoms with Crippen LogP contribution >= 0.6 is 0 Å². The number of hydrogen-bond donors (Lipinski definition) is 1. The van der Waals surface area contributed by atoms with Crippen molar-refractivity contribution < 1.29 is 4.74 Å². The Labute approximate surface area is 150 Å². The minimum atomic E-state index is 0.389. The van der Waals surface area contributed by atoms with Crippen LogP contribution in [0.5, 0.6) is 5.75 Å². The number of nitrogens with zero attached hydrogens (tertiary/aromatic N) is 4. The van der Waals surface area contributed by atoms with Crippen molar-refractivity contribution >= 4 is 12.2 Å². The number of nitrogens with two attached hydrogens (primary N) is 1. The molecule has 0 saturated carbocycles. The van der Waals surface area contributed by atoms with Crippen molar-refractivity contribution in [3.63, 3.8) is 0 Å². The summed E-state index contributed by atoms with van der Waals surface area (Å²) in [5.41, 5.74) is 8.86. The first kappa shape index (κ1) is 19.0. The molecule has 1 aromatic heterocycles. The van der Waals surface area contributed by atoms with Crippen LogP contribution in [0.15, 0.2) is 29.5 Å². The summed E-state index contributed by atoms with van der Waals surface area (Å²) in [6, 6.07) is 6.17. The van der Waals surface area contributed by atoms with Crippen LogP contribution in [0.3, 0.4) is 0 Å². The molecule has 1 aromatic carbocycles. The predicted octanol–water partition coefficient (Wildman–Crippen LogP) is 3.29. The van der Waals surface area contributed by atoms with Crippen molar-refractivity contribution in [2.45, 2.75) is 40.7 Å². The zero-order chi connectivity index (χ0) is 18.2. The Morgan fingerprint density at radius 3 is 2.64 bits per heavy atom. The molecular formula is C19H29N5O. The largest absolute Gasteiger partial charge is 0.493 e. The van der Waals surface area contributed by atoms with Crippen LogP contribution in [0.1, 0.15) is 44.0 Å². The molecule has 2 rings (SSSR count). The van der Waals surface area contributed by atoms with Crippen LogP contribution in [0.25, 0.3) is 0 Å². The van der Waals surface area contributed by atoms with Gasteiger partial charge in [-0.2, -0.15) is 5.10 Å². The van der Waals surface area contributed by atoms with E-state index >= 15 is 0 Å². The minimum absolute atomic E-state index is 0.389. The lowest BCUT2D eigenvalue weighted by Crippen LogP contribution is -2.22. The van der Waals surface area contributed by atoms with E-state index in [9.17, 15) is 0 Å². The third kappa shape index (κ3) is 5.32. The van der Waals surface area contributed by atoms with Crippen LogP contribution in [0.2, 0.25) is 0 Å². The van der Waals surface area contributed by atoms with Gasteiger partial charge in [-0.05, 0) is 50.2 Å². The highest BCUT2D eigenvalue weighted by Gasteiger charge is 2.09. The van der Waals surface area contributed by atoms with Crippen LogP contribution in [-0.2, 0) is 6.54 Å². The van der Waals surface area contributed by atoms with E-state index in [0.717, 1.165) is 49.7 Å². The number of nitrogen functional groups attached to an aromatic ring is 1. The molecule has 6 nitrogen and oxygen atoms in total. The SMILES string of the molecule is CCCOc1ccc(C=Nn2cc(C)nc2N)cc1CN(CC)CC. The molecule has 0 fully saturated rings. The second kappa shape index (κ2) is 9.22. The maximum Gasteiger partial charge on any atom is 0.221 e. The molecular weight excluding hydrogens is 314 g/mol. The van der Waals surface area contributed by atoms with E-state index in [2.05, 4.69) is 41.8 Å². The molecule has 0 atom stereocenters. The molecule has 0 radical (unpaired) electrons. The smallest absolute Gasteiger partial charge is 0.221 e. The Morgan fingerprint density at radius 1 is 1.28 bits per heavy atom. The zero-order valence-corrected chi connectivity index (χ0v) is 15.7. The van der Waals surface area contributed by atoms with E-state index in [1.165, 1.54) is 5.56 Å². The average molecular weight is 343 g/mol. The van der Waals surface area contributed by atoms with E-state index in [0.29, 0.717) is 5.95 Å². The molecule has 0 aliphatic heterocycles. The van der Waals surface area contributed by atoms with Crippen LogP contribution in [0.4, 0.5) is 5.95 Å². The van der Waals surface area contributed by atoms with E-state index in [4.69, 9.17) is 10.5 Å². The molecule has 0 aliphatic carbocycles. The lowest BCUT2D eigenvalue weighted by Gasteiger charge is -2.20. The van der Waals surface area contributed by atoms with Gasteiger partial charge >= 0.3 is 0 Å². The summed E-state index contributed by atoms with van der Waals surface area (Å²) in [6.45, 7) is 12.0. The molecule has 6 heteroatoms. The summed E-state index contributed by atoms with van der Waals surface area (Å²) in [5.74, 6) is 1.34. The Kier molecular flexibility index (Phi) is 7.01. The minimum Gasteiger partial charge on any atom is -0.493 e. The fraction of sp³-hybridized carbons (Fsp3) is 0.474. The quantitative estimate of drug-likeness (QED) is 0.709. The van der Waals surface area contributed by atoms with Crippen molar-refractivity contribution in [2.24, 2.45) is 5.10 Å². The number of rotatable bonds is 9. The Balaban J connectivity index is 2.25. The van der Waals surface area contributed by atoms with Gasteiger partial charge in [0.2, 0.25) is 5.95 Å². The second-order valence-electron chi connectivity index (χ2n) is 6.01. The van der Waals surface area contributed by atoms with Crippen molar-refractivity contribution in [1.29, 1.82) is 0 Å².